The van der Waals surface area contributed by atoms with Crippen LogP contribution >= 0.6 is 0 Å². The van der Waals surface area contributed by atoms with Crippen LogP contribution in [0.4, 0.5) is 0 Å². The van der Waals surface area contributed by atoms with E-state index in [-0.39, 0.29) is 0 Å². The number of rotatable bonds is 5. The van der Waals surface area contributed by atoms with Crippen LogP contribution in [-0.4, -0.2) is 9.55 Å². The minimum Gasteiger partial charge on any atom is -0.485 e. The Morgan fingerprint density at radius 1 is 1.09 bits per heavy atom. The van der Waals surface area contributed by atoms with Crippen molar-refractivity contribution in [2.45, 2.75) is 39.8 Å². The fourth-order valence-electron chi connectivity index (χ4n) is 2.73. The fourth-order valence-corrected chi connectivity index (χ4v) is 2.73. The molecule has 2 aromatic carbocycles. The van der Waals surface area contributed by atoms with Gasteiger partial charge in [-0.25, -0.2) is 4.98 Å². The van der Waals surface area contributed by atoms with Gasteiger partial charge in [-0.2, -0.15) is 0 Å². The second kappa shape index (κ2) is 6.22. The summed E-state index contributed by atoms with van der Waals surface area (Å²) < 4.78 is 8.30. The van der Waals surface area contributed by atoms with E-state index in [2.05, 4.69) is 49.6 Å². The molecule has 1 aromatic heterocycles. The summed E-state index contributed by atoms with van der Waals surface area (Å²) in [7, 11) is 0. The predicted molar refractivity (Wildman–Crippen MR) is 90.2 cm³/mol. The average Bonchev–Trinajstić information content (AvgIpc) is 2.91. The molecule has 3 heteroatoms. The number of hydrogen-bond acceptors (Lipinski definition) is 2. The van der Waals surface area contributed by atoms with Crippen LogP contribution in [0.2, 0.25) is 0 Å². The quantitative estimate of drug-likeness (QED) is 0.669. The van der Waals surface area contributed by atoms with E-state index in [4.69, 9.17) is 9.72 Å². The van der Waals surface area contributed by atoms with Crippen LogP contribution in [0.1, 0.15) is 37.7 Å². The molecule has 0 fully saturated rings. The Hall–Kier alpha value is -2.29. The van der Waals surface area contributed by atoms with Crippen molar-refractivity contribution in [2.75, 3.05) is 0 Å². The van der Waals surface area contributed by atoms with Crippen molar-refractivity contribution < 1.29 is 4.74 Å². The lowest BCUT2D eigenvalue weighted by molar-refractivity contribution is 0.284. The lowest BCUT2D eigenvalue weighted by Gasteiger charge is -2.16. The maximum atomic E-state index is 6.00. The van der Waals surface area contributed by atoms with Gasteiger partial charge in [0.1, 0.15) is 18.2 Å². The number of benzene rings is 2. The highest BCUT2D eigenvalue weighted by Gasteiger charge is 2.15. The SMILES string of the molecule is CCC(C)n1c(COc2ccccc2C)nc2ccccc21. The van der Waals surface area contributed by atoms with Crippen LogP contribution in [0.25, 0.3) is 11.0 Å². The van der Waals surface area contributed by atoms with Crippen molar-refractivity contribution in [3.8, 4) is 5.75 Å². The number of hydrogen-bond donors (Lipinski definition) is 0. The molecular weight excluding hydrogens is 272 g/mol. The lowest BCUT2D eigenvalue weighted by Crippen LogP contribution is -2.11. The van der Waals surface area contributed by atoms with Crippen molar-refractivity contribution in [3.05, 3.63) is 59.9 Å². The first kappa shape index (κ1) is 14.6. The molecule has 0 saturated heterocycles. The predicted octanol–water partition coefficient (Wildman–Crippen LogP) is 4.89. The van der Waals surface area contributed by atoms with Crippen molar-refractivity contribution in [1.82, 2.24) is 9.55 Å². The summed E-state index contributed by atoms with van der Waals surface area (Å²) in [6.07, 6.45) is 1.07. The third kappa shape index (κ3) is 2.71. The number of ether oxygens (including phenoxy) is 1. The van der Waals surface area contributed by atoms with E-state index in [0.717, 1.165) is 29.1 Å². The molecule has 0 saturated carbocycles. The highest BCUT2D eigenvalue weighted by molar-refractivity contribution is 5.76. The summed E-state index contributed by atoms with van der Waals surface area (Å²) in [5.41, 5.74) is 3.36. The highest BCUT2D eigenvalue weighted by Crippen LogP contribution is 2.24. The third-order valence-corrected chi connectivity index (χ3v) is 4.15. The molecule has 0 aliphatic rings. The summed E-state index contributed by atoms with van der Waals surface area (Å²) in [4.78, 5) is 4.76. The van der Waals surface area contributed by atoms with Gasteiger partial charge < -0.3 is 9.30 Å². The summed E-state index contributed by atoms with van der Waals surface area (Å²) in [6, 6.07) is 16.8. The van der Waals surface area contributed by atoms with Gasteiger partial charge in [0.25, 0.3) is 0 Å². The van der Waals surface area contributed by atoms with Gasteiger partial charge in [0.15, 0.2) is 0 Å². The Bertz CT molecular complexity index is 776. The van der Waals surface area contributed by atoms with Gasteiger partial charge in [-0.1, -0.05) is 37.3 Å². The van der Waals surface area contributed by atoms with Crippen LogP contribution in [0, 0.1) is 6.92 Å². The van der Waals surface area contributed by atoms with Crippen LogP contribution in [0.5, 0.6) is 5.75 Å². The molecular formula is C19H22N2O. The van der Waals surface area contributed by atoms with E-state index in [0.29, 0.717) is 12.6 Å². The Morgan fingerprint density at radius 3 is 2.59 bits per heavy atom. The molecule has 3 aromatic rings. The van der Waals surface area contributed by atoms with Gasteiger partial charge in [-0.15, -0.1) is 0 Å². The van der Waals surface area contributed by atoms with Gasteiger partial charge in [0, 0.05) is 6.04 Å². The van der Waals surface area contributed by atoms with E-state index < -0.39 is 0 Å². The molecule has 22 heavy (non-hydrogen) atoms. The Balaban J connectivity index is 1.94. The monoisotopic (exact) mass is 294 g/mol. The Labute approximate surface area is 131 Å². The normalized spacial score (nSPS) is 12.5. The molecule has 1 heterocycles. The zero-order valence-electron chi connectivity index (χ0n) is 13.4. The second-order valence-corrected chi connectivity index (χ2v) is 5.70. The summed E-state index contributed by atoms with van der Waals surface area (Å²) in [5, 5.41) is 0. The molecule has 0 aliphatic heterocycles. The molecule has 0 radical (unpaired) electrons. The van der Waals surface area contributed by atoms with E-state index in [1.807, 2.05) is 24.3 Å². The maximum absolute atomic E-state index is 6.00. The lowest BCUT2D eigenvalue weighted by atomic mass is 10.2. The molecule has 3 nitrogen and oxygen atoms in total. The minimum absolute atomic E-state index is 0.405. The number of aryl methyl sites for hydroxylation is 1. The van der Waals surface area contributed by atoms with Crippen LogP contribution in [-0.2, 0) is 6.61 Å². The molecule has 1 unspecified atom stereocenters. The number of aromatic nitrogens is 2. The molecule has 0 amide bonds. The average molecular weight is 294 g/mol. The molecule has 0 aliphatic carbocycles. The van der Waals surface area contributed by atoms with E-state index in [9.17, 15) is 0 Å². The van der Waals surface area contributed by atoms with Crippen LogP contribution in [0.15, 0.2) is 48.5 Å². The van der Waals surface area contributed by atoms with Crippen LogP contribution < -0.4 is 4.74 Å². The van der Waals surface area contributed by atoms with Crippen molar-refractivity contribution in [3.63, 3.8) is 0 Å². The molecule has 0 bridgehead atoms. The molecule has 114 valence electrons. The molecule has 0 N–H and O–H groups in total. The van der Waals surface area contributed by atoms with Gasteiger partial charge in [-0.05, 0) is 44.0 Å². The third-order valence-electron chi connectivity index (χ3n) is 4.15. The Kier molecular flexibility index (Phi) is 4.14. The smallest absolute Gasteiger partial charge is 0.148 e. The fraction of sp³-hybridized carbons (Fsp3) is 0.316. The van der Waals surface area contributed by atoms with E-state index in [1.54, 1.807) is 0 Å². The van der Waals surface area contributed by atoms with Gasteiger partial charge in [0.05, 0.1) is 11.0 Å². The summed E-state index contributed by atoms with van der Waals surface area (Å²) >= 11 is 0. The standard InChI is InChI=1S/C19H22N2O/c1-4-15(3)21-17-11-7-6-10-16(17)20-19(21)13-22-18-12-8-5-9-14(18)2/h5-12,15H,4,13H2,1-3H3. The molecule has 0 spiro atoms. The van der Waals surface area contributed by atoms with Gasteiger partial charge in [0.2, 0.25) is 0 Å². The summed E-state index contributed by atoms with van der Waals surface area (Å²) in [6.45, 7) is 6.98. The van der Waals surface area contributed by atoms with E-state index in [1.165, 1.54) is 5.52 Å². The Morgan fingerprint density at radius 2 is 1.82 bits per heavy atom. The van der Waals surface area contributed by atoms with Gasteiger partial charge in [-0.3, -0.25) is 0 Å². The number of fused-ring (bicyclic) bond motifs is 1. The number of nitrogens with zero attached hydrogens (tertiary/aromatic N) is 2. The first-order valence-corrected chi connectivity index (χ1v) is 7.85. The highest BCUT2D eigenvalue weighted by atomic mass is 16.5. The van der Waals surface area contributed by atoms with Crippen LogP contribution in [0.3, 0.4) is 0 Å². The molecule has 3 rings (SSSR count). The van der Waals surface area contributed by atoms with Crippen molar-refractivity contribution in [2.24, 2.45) is 0 Å². The van der Waals surface area contributed by atoms with Crippen molar-refractivity contribution >= 4 is 11.0 Å². The zero-order valence-corrected chi connectivity index (χ0v) is 13.4. The number of para-hydroxylation sites is 3. The zero-order chi connectivity index (χ0) is 15.5. The topological polar surface area (TPSA) is 27.1 Å². The van der Waals surface area contributed by atoms with Crippen molar-refractivity contribution in [1.29, 1.82) is 0 Å². The second-order valence-electron chi connectivity index (χ2n) is 5.70. The first-order valence-electron chi connectivity index (χ1n) is 7.85. The summed E-state index contributed by atoms with van der Waals surface area (Å²) in [5.74, 6) is 1.91. The minimum atomic E-state index is 0.405. The van der Waals surface area contributed by atoms with Gasteiger partial charge >= 0.3 is 0 Å². The largest absolute Gasteiger partial charge is 0.485 e. The maximum Gasteiger partial charge on any atom is 0.148 e. The van der Waals surface area contributed by atoms with E-state index >= 15 is 0 Å². The number of imidazole rings is 1. The first-order chi connectivity index (χ1) is 10.7. The molecule has 1 atom stereocenters.